The lowest BCUT2D eigenvalue weighted by Gasteiger charge is -2.31. The molecule has 1 unspecified atom stereocenters. The number of carbonyl (C=O) groups is 2. The van der Waals surface area contributed by atoms with Crippen molar-refractivity contribution in [3.05, 3.63) is 71.3 Å². The lowest BCUT2D eigenvalue weighted by atomic mass is 10.0. The summed E-state index contributed by atoms with van der Waals surface area (Å²) in [6.45, 7) is 5.09. The lowest BCUT2D eigenvalue weighted by molar-refractivity contribution is -0.131. The third kappa shape index (κ3) is 7.20. The molecule has 1 heterocycles. The van der Waals surface area contributed by atoms with Crippen molar-refractivity contribution in [1.29, 1.82) is 0 Å². The molecule has 0 spiro atoms. The van der Waals surface area contributed by atoms with Crippen LogP contribution in [0.3, 0.4) is 0 Å². The predicted molar refractivity (Wildman–Crippen MR) is 118 cm³/mol. The van der Waals surface area contributed by atoms with Crippen molar-refractivity contribution >= 4 is 23.6 Å². The SMILES string of the molecule is Cc1cccc(C)c1NC(=O)C1CCCCN1C.O=C(O)/C=C/c1ccccc1. The fourth-order valence-electron chi connectivity index (χ4n) is 3.36. The van der Waals surface area contributed by atoms with Gasteiger partial charge in [0.1, 0.15) is 0 Å². The maximum atomic E-state index is 12.3. The Kier molecular flexibility index (Phi) is 8.62. The summed E-state index contributed by atoms with van der Waals surface area (Å²) in [6.07, 6.45) is 5.99. The van der Waals surface area contributed by atoms with E-state index in [1.54, 1.807) is 6.08 Å². The summed E-state index contributed by atoms with van der Waals surface area (Å²) < 4.78 is 0. The molecule has 3 rings (SSSR count). The van der Waals surface area contributed by atoms with Crippen LogP contribution in [0.5, 0.6) is 0 Å². The Morgan fingerprint density at radius 2 is 1.69 bits per heavy atom. The topological polar surface area (TPSA) is 69.6 Å². The van der Waals surface area contributed by atoms with E-state index in [-0.39, 0.29) is 11.9 Å². The smallest absolute Gasteiger partial charge is 0.328 e. The van der Waals surface area contributed by atoms with Gasteiger partial charge in [0.05, 0.1) is 6.04 Å². The van der Waals surface area contributed by atoms with Gasteiger partial charge in [-0.3, -0.25) is 9.69 Å². The van der Waals surface area contributed by atoms with Crippen LogP contribution in [-0.2, 0) is 9.59 Å². The molecule has 1 saturated heterocycles. The second kappa shape index (κ2) is 11.2. The minimum Gasteiger partial charge on any atom is -0.478 e. The summed E-state index contributed by atoms with van der Waals surface area (Å²) in [7, 11) is 2.04. The number of aryl methyl sites for hydroxylation is 2. The molecular formula is C24H30N2O3. The first kappa shape index (κ1) is 22.4. The third-order valence-electron chi connectivity index (χ3n) is 5.02. The number of rotatable bonds is 4. The highest BCUT2D eigenvalue weighted by molar-refractivity contribution is 5.96. The number of piperidine rings is 1. The molecule has 2 N–H and O–H groups in total. The summed E-state index contributed by atoms with van der Waals surface area (Å²) in [5.74, 6) is -0.788. The van der Waals surface area contributed by atoms with Crippen LogP contribution in [0.25, 0.3) is 6.08 Å². The first-order valence-electron chi connectivity index (χ1n) is 9.92. The maximum absolute atomic E-state index is 12.3. The van der Waals surface area contributed by atoms with Crippen molar-refractivity contribution in [1.82, 2.24) is 4.90 Å². The molecule has 0 saturated carbocycles. The highest BCUT2D eigenvalue weighted by atomic mass is 16.4. The Balaban J connectivity index is 0.000000234. The largest absolute Gasteiger partial charge is 0.478 e. The van der Waals surface area contributed by atoms with Crippen LogP contribution >= 0.6 is 0 Å². The van der Waals surface area contributed by atoms with Crippen molar-refractivity contribution in [2.24, 2.45) is 0 Å². The second-order valence-electron chi connectivity index (χ2n) is 7.33. The van der Waals surface area contributed by atoms with E-state index in [9.17, 15) is 9.59 Å². The van der Waals surface area contributed by atoms with Gasteiger partial charge in [0, 0.05) is 11.8 Å². The highest BCUT2D eigenvalue weighted by Crippen LogP contribution is 2.22. The number of hydrogen-bond acceptors (Lipinski definition) is 3. The molecule has 154 valence electrons. The number of anilines is 1. The summed E-state index contributed by atoms with van der Waals surface area (Å²) in [6, 6.07) is 15.4. The molecule has 29 heavy (non-hydrogen) atoms. The standard InChI is InChI=1S/C15H22N2O.C9H8O2/c1-11-7-6-8-12(2)14(11)16-15(18)13-9-4-5-10-17(13)3;10-9(11)7-6-8-4-2-1-3-5-8/h6-8,13H,4-5,9-10H2,1-3H3,(H,16,18);1-7H,(H,10,11)/b;7-6+. The Bertz CT molecular complexity index is 826. The highest BCUT2D eigenvalue weighted by Gasteiger charge is 2.26. The molecule has 1 atom stereocenters. The summed E-state index contributed by atoms with van der Waals surface area (Å²) in [4.78, 5) is 24.6. The number of carboxylic acids is 1. The van der Waals surface area contributed by atoms with Crippen LogP contribution in [0.15, 0.2) is 54.6 Å². The average molecular weight is 395 g/mol. The molecule has 0 aliphatic carbocycles. The van der Waals surface area contributed by atoms with Crippen LogP contribution in [0.4, 0.5) is 5.69 Å². The molecule has 5 heteroatoms. The first-order chi connectivity index (χ1) is 13.9. The molecule has 1 fully saturated rings. The molecule has 2 aromatic rings. The molecule has 0 aromatic heterocycles. The summed E-state index contributed by atoms with van der Waals surface area (Å²) in [5.41, 5.74) is 4.12. The summed E-state index contributed by atoms with van der Waals surface area (Å²) >= 11 is 0. The molecule has 5 nitrogen and oxygen atoms in total. The Morgan fingerprint density at radius 3 is 2.28 bits per heavy atom. The third-order valence-corrected chi connectivity index (χ3v) is 5.02. The molecule has 1 aliphatic rings. The number of carboxylic acid groups (broad SMARTS) is 1. The van der Waals surface area contributed by atoms with E-state index in [2.05, 4.69) is 10.2 Å². The van der Waals surface area contributed by atoms with Gasteiger partial charge in [0.2, 0.25) is 5.91 Å². The Morgan fingerprint density at radius 1 is 1.03 bits per heavy atom. The van der Waals surface area contributed by atoms with Gasteiger partial charge in [0.25, 0.3) is 0 Å². The number of amides is 1. The fraction of sp³-hybridized carbons (Fsp3) is 0.333. The number of benzene rings is 2. The normalized spacial score (nSPS) is 16.7. The quantitative estimate of drug-likeness (QED) is 0.749. The number of nitrogens with one attached hydrogen (secondary N) is 1. The van der Waals surface area contributed by atoms with Crippen LogP contribution < -0.4 is 5.32 Å². The van der Waals surface area contributed by atoms with Gasteiger partial charge in [-0.15, -0.1) is 0 Å². The minimum atomic E-state index is -0.922. The predicted octanol–water partition coefficient (Wildman–Crippen LogP) is 4.51. The number of nitrogens with zero attached hydrogens (tertiary/aromatic N) is 1. The maximum Gasteiger partial charge on any atom is 0.328 e. The van der Waals surface area contributed by atoms with E-state index in [4.69, 9.17) is 5.11 Å². The molecule has 0 radical (unpaired) electrons. The van der Waals surface area contributed by atoms with Crippen molar-refractivity contribution in [2.45, 2.75) is 39.2 Å². The Hall–Kier alpha value is -2.92. The van der Waals surface area contributed by atoms with Gasteiger partial charge in [0.15, 0.2) is 0 Å². The molecule has 1 aliphatic heterocycles. The van der Waals surface area contributed by atoms with Crippen molar-refractivity contribution in [3.8, 4) is 0 Å². The second-order valence-corrected chi connectivity index (χ2v) is 7.33. The average Bonchev–Trinajstić information content (AvgIpc) is 2.71. The van der Waals surface area contributed by atoms with Gasteiger partial charge in [-0.05, 0) is 63.0 Å². The van der Waals surface area contributed by atoms with Gasteiger partial charge >= 0.3 is 5.97 Å². The minimum absolute atomic E-state index is 0.0257. The zero-order chi connectivity index (χ0) is 21.2. The monoisotopic (exact) mass is 394 g/mol. The fourth-order valence-corrected chi connectivity index (χ4v) is 3.36. The van der Waals surface area contributed by atoms with E-state index >= 15 is 0 Å². The van der Waals surface area contributed by atoms with Crippen molar-refractivity contribution in [2.75, 3.05) is 18.9 Å². The van der Waals surface area contributed by atoms with Crippen LogP contribution in [-0.4, -0.2) is 41.5 Å². The van der Waals surface area contributed by atoms with E-state index in [1.807, 2.05) is 69.4 Å². The van der Waals surface area contributed by atoms with E-state index < -0.39 is 5.97 Å². The number of likely N-dealkylation sites (N-methyl/N-ethyl adjacent to an activating group) is 1. The zero-order valence-electron chi connectivity index (χ0n) is 17.4. The van der Waals surface area contributed by atoms with E-state index in [0.29, 0.717) is 0 Å². The lowest BCUT2D eigenvalue weighted by Crippen LogP contribution is -2.44. The first-order valence-corrected chi connectivity index (χ1v) is 9.92. The van der Waals surface area contributed by atoms with Gasteiger partial charge in [-0.1, -0.05) is 55.0 Å². The molecule has 2 aromatic carbocycles. The van der Waals surface area contributed by atoms with Gasteiger partial charge in [-0.25, -0.2) is 4.79 Å². The molecule has 1 amide bonds. The zero-order valence-corrected chi connectivity index (χ0v) is 17.4. The number of likely N-dealkylation sites (tertiary alicyclic amines) is 1. The summed E-state index contributed by atoms with van der Waals surface area (Å²) in [5, 5.41) is 11.4. The van der Waals surface area contributed by atoms with Crippen LogP contribution in [0.2, 0.25) is 0 Å². The molecule has 0 bridgehead atoms. The van der Waals surface area contributed by atoms with E-state index in [1.165, 1.54) is 6.42 Å². The van der Waals surface area contributed by atoms with Crippen molar-refractivity contribution in [3.63, 3.8) is 0 Å². The number of aliphatic carboxylic acids is 1. The Labute approximate surface area is 173 Å². The number of para-hydroxylation sites is 1. The van der Waals surface area contributed by atoms with E-state index in [0.717, 1.165) is 47.8 Å². The van der Waals surface area contributed by atoms with Crippen molar-refractivity contribution < 1.29 is 14.7 Å². The number of carbonyl (C=O) groups excluding carboxylic acids is 1. The van der Waals surface area contributed by atoms with Gasteiger partial charge in [-0.2, -0.15) is 0 Å². The van der Waals surface area contributed by atoms with Crippen LogP contribution in [0, 0.1) is 13.8 Å². The van der Waals surface area contributed by atoms with Crippen LogP contribution in [0.1, 0.15) is 36.0 Å². The number of hydrogen-bond donors (Lipinski definition) is 2. The molecular weight excluding hydrogens is 364 g/mol. The van der Waals surface area contributed by atoms with Gasteiger partial charge < -0.3 is 10.4 Å².